The Morgan fingerprint density at radius 1 is 1.13 bits per heavy atom. The van der Waals surface area contributed by atoms with Crippen LogP contribution in [0, 0.1) is 0 Å². The van der Waals surface area contributed by atoms with Crippen molar-refractivity contribution < 1.29 is 13.2 Å². The third kappa shape index (κ3) is 5.54. The molecule has 0 atom stereocenters. The van der Waals surface area contributed by atoms with Crippen molar-refractivity contribution in [1.29, 1.82) is 0 Å². The third-order valence-electron chi connectivity index (χ3n) is 4.81. The van der Waals surface area contributed by atoms with E-state index in [1.165, 1.54) is 19.9 Å². The van der Waals surface area contributed by atoms with Crippen LogP contribution in [0.4, 0.5) is 5.69 Å². The minimum Gasteiger partial charge on any atom is -0.320 e. The number of piperazine rings is 1. The van der Waals surface area contributed by atoms with E-state index in [1.807, 2.05) is 13.8 Å². The number of amides is 1. The molecule has 1 N–H and O–H groups in total. The van der Waals surface area contributed by atoms with Gasteiger partial charge < -0.3 is 5.32 Å². The van der Waals surface area contributed by atoms with Gasteiger partial charge in [0, 0.05) is 50.0 Å². The van der Waals surface area contributed by atoms with Gasteiger partial charge in [-0.05, 0) is 24.3 Å². The van der Waals surface area contributed by atoms with Gasteiger partial charge in [-0.2, -0.15) is 17.0 Å². The number of aromatic nitrogens is 2. The molecule has 0 bridgehead atoms. The highest BCUT2D eigenvalue weighted by atomic mass is 35.5. The molecule has 0 radical (unpaired) electrons. The zero-order chi connectivity index (χ0) is 21.7. The van der Waals surface area contributed by atoms with Gasteiger partial charge in [-0.1, -0.05) is 36.8 Å². The summed E-state index contributed by atoms with van der Waals surface area (Å²) < 4.78 is 28.2. The van der Waals surface area contributed by atoms with E-state index in [0.29, 0.717) is 56.5 Å². The van der Waals surface area contributed by atoms with Crippen molar-refractivity contribution in [2.45, 2.75) is 20.4 Å². The summed E-state index contributed by atoms with van der Waals surface area (Å²) in [5.41, 5.74) is 0.631. The lowest BCUT2D eigenvalue weighted by Crippen LogP contribution is -2.52. The maximum absolute atomic E-state index is 12.6. The predicted octanol–water partition coefficient (Wildman–Crippen LogP) is 2.15. The number of anilines is 1. The van der Waals surface area contributed by atoms with Gasteiger partial charge in [-0.25, -0.2) is 0 Å². The van der Waals surface area contributed by atoms with Crippen molar-refractivity contribution >= 4 is 44.7 Å². The number of hydrogen-bond donors (Lipinski definition) is 1. The molecule has 1 aliphatic rings. The van der Waals surface area contributed by atoms with Gasteiger partial charge in [-0.3, -0.25) is 9.69 Å². The van der Waals surface area contributed by atoms with Crippen LogP contribution in [0.25, 0.3) is 0 Å². The summed E-state index contributed by atoms with van der Waals surface area (Å²) in [6.07, 6.45) is 0. The molecule has 1 aromatic heterocycles. The lowest BCUT2D eigenvalue weighted by Gasteiger charge is -2.35. The standard InChI is InChI=1S/C18H25ClN6O3S2/c1-3-24(4-2)30(27,28)25-11-9-23(10-12-25)13-16-21-22-18(29-16)17(26)20-15-7-5-14(19)6-8-15/h5-8H,3-4,9-13H2,1-2H3,(H,20,26). The molecule has 0 saturated carbocycles. The first-order valence-corrected chi connectivity index (χ1v) is 12.3. The maximum atomic E-state index is 12.6. The van der Waals surface area contributed by atoms with Gasteiger partial charge in [0.25, 0.3) is 16.1 Å². The molecule has 2 heterocycles. The first kappa shape index (κ1) is 23.0. The van der Waals surface area contributed by atoms with E-state index in [9.17, 15) is 13.2 Å². The fourth-order valence-electron chi connectivity index (χ4n) is 3.15. The molecule has 12 heteroatoms. The quantitative estimate of drug-likeness (QED) is 0.632. The van der Waals surface area contributed by atoms with Crippen LogP contribution >= 0.6 is 22.9 Å². The Labute approximate surface area is 185 Å². The third-order valence-corrected chi connectivity index (χ3v) is 8.16. The molecular weight excluding hydrogens is 448 g/mol. The first-order chi connectivity index (χ1) is 14.3. The average molecular weight is 473 g/mol. The number of nitrogens with zero attached hydrogens (tertiary/aromatic N) is 5. The van der Waals surface area contributed by atoms with Crippen molar-refractivity contribution in [1.82, 2.24) is 23.7 Å². The van der Waals surface area contributed by atoms with Gasteiger partial charge in [0.2, 0.25) is 5.01 Å². The smallest absolute Gasteiger partial charge is 0.286 e. The highest BCUT2D eigenvalue weighted by Gasteiger charge is 2.31. The summed E-state index contributed by atoms with van der Waals surface area (Å²) in [6.45, 7) is 7.21. The molecule has 1 amide bonds. The topological polar surface area (TPSA) is 98.7 Å². The van der Waals surface area contributed by atoms with E-state index in [4.69, 9.17) is 11.6 Å². The van der Waals surface area contributed by atoms with Crippen molar-refractivity contribution in [3.8, 4) is 0 Å². The van der Waals surface area contributed by atoms with Gasteiger partial charge in [-0.15, -0.1) is 10.2 Å². The highest BCUT2D eigenvalue weighted by Crippen LogP contribution is 2.18. The van der Waals surface area contributed by atoms with E-state index in [2.05, 4.69) is 20.4 Å². The molecular formula is C18H25ClN6O3S2. The van der Waals surface area contributed by atoms with Gasteiger partial charge in [0.1, 0.15) is 5.01 Å². The number of halogens is 1. The number of rotatable bonds is 8. The van der Waals surface area contributed by atoms with Crippen molar-refractivity contribution in [3.05, 3.63) is 39.3 Å². The van der Waals surface area contributed by atoms with Crippen molar-refractivity contribution in [3.63, 3.8) is 0 Å². The normalized spacial score (nSPS) is 16.1. The number of nitrogens with one attached hydrogen (secondary N) is 1. The molecule has 0 aliphatic carbocycles. The van der Waals surface area contributed by atoms with Crippen LogP contribution in [-0.2, 0) is 16.8 Å². The van der Waals surface area contributed by atoms with Gasteiger partial charge in [0.05, 0.1) is 6.54 Å². The molecule has 1 aromatic carbocycles. The highest BCUT2D eigenvalue weighted by molar-refractivity contribution is 7.86. The second-order valence-corrected chi connectivity index (χ2v) is 10.2. The molecule has 9 nitrogen and oxygen atoms in total. The number of carbonyl (C=O) groups is 1. The predicted molar refractivity (Wildman–Crippen MR) is 118 cm³/mol. The summed E-state index contributed by atoms with van der Waals surface area (Å²) in [5, 5.41) is 12.5. The minimum atomic E-state index is -3.41. The van der Waals surface area contributed by atoms with E-state index < -0.39 is 10.2 Å². The molecule has 0 spiro atoms. The van der Waals surface area contributed by atoms with Gasteiger partial charge >= 0.3 is 0 Å². The Hall–Kier alpha value is -1.63. The molecule has 0 unspecified atom stereocenters. The molecule has 2 aromatic rings. The number of hydrogen-bond acceptors (Lipinski definition) is 7. The average Bonchev–Trinajstić information content (AvgIpc) is 3.19. The lowest BCUT2D eigenvalue weighted by atomic mass is 10.3. The zero-order valence-corrected chi connectivity index (χ0v) is 19.3. The lowest BCUT2D eigenvalue weighted by molar-refractivity contribution is 0.102. The summed E-state index contributed by atoms with van der Waals surface area (Å²) in [5.74, 6) is -0.323. The first-order valence-electron chi connectivity index (χ1n) is 9.70. The van der Waals surface area contributed by atoms with E-state index in [1.54, 1.807) is 24.3 Å². The van der Waals surface area contributed by atoms with Crippen LogP contribution in [-0.4, -0.2) is 77.3 Å². The summed E-state index contributed by atoms with van der Waals surface area (Å²) in [4.78, 5) is 14.5. The Balaban J connectivity index is 1.53. The Morgan fingerprint density at radius 3 is 2.37 bits per heavy atom. The fraction of sp³-hybridized carbons (Fsp3) is 0.500. The van der Waals surface area contributed by atoms with Crippen LogP contribution in [0.1, 0.15) is 28.7 Å². The Kier molecular flexibility index (Phi) is 7.77. The second kappa shape index (κ2) is 10.1. The Bertz CT molecular complexity index is 955. The summed E-state index contributed by atoms with van der Waals surface area (Å²) >= 11 is 7.08. The Morgan fingerprint density at radius 2 is 1.77 bits per heavy atom. The molecule has 3 rings (SSSR count). The van der Waals surface area contributed by atoms with Crippen LogP contribution < -0.4 is 5.32 Å². The molecule has 30 heavy (non-hydrogen) atoms. The molecule has 1 aliphatic heterocycles. The van der Waals surface area contributed by atoms with E-state index in [-0.39, 0.29) is 10.9 Å². The molecule has 1 fully saturated rings. The minimum absolute atomic E-state index is 0.280. The summed E-state index contributed by atoms with van der Waals surface area (Å²) in [7, 11) is -3.41. The van der Waals surface area contributed by atoms with Crippen LogP contribution in [0.5, 0.6) is 0 Å². The van der Waals surface area contributed by atoms with Crippen LogP contribution in [0.2, 0.25) is 5.02 Å². The molecule has 1 saturated heterocycles. The summed E-state index contributed by atoms with van der Waals surface area (Å²) in [6, 6.07) is 6.83. The van der Waals surface area contributed by atoms with E-state index in [0.717, 1.165) is 5.01 Å². The van der Waals surface area contributed by atoms with Gasteiger partial charge in [0.15, 0.2) is 0 Å². The monoisotopic (exact) mass is 472 g/mol. The maximum Gasteiger partial charge on any atom is 0.286 e. The molecule has 164 valence electrons. The van der Waals surface area contributed by atoms with E-state index >= 15 is 0 Å². The van der Waals surface area contributed by atoms with Crippen molar-refractivity contribution in [2.24, 2.45) is 0 Å². The largest absolute Gasteiger partial charge is 0.320 e. The number of benzene rings is 1. The van der Waals surface area contributed by atoms with Crippen molar-refractivity contribution in [2.75, 3.05) is 44.6 Å². The SMILES string of the molecule is CCN(CC)S(=O)(=O)N1CCN(Cc2nnc(C(=O)Nc3ccc(Cl)cc3)s2)CC1. The van der Waals surface area contributed by atoms with Crippen LogP contribution in [0.3, 0.4) is 0 Å². The van der Waals surface area contributed by atoms with Crippen LogP contribution in [0.15, 0.2) is 24.3 Å². The number of carbonyl (C=O) groups excluding carboxylic acids is 1. The fourth-order valence-corrected chi connectivity index (χ4v) is 5.66. The second-order valence-electron chi connectivity index (χ2n) is 6.73. The zero-order valence-electron chi connectivity index (χ0n) is 16.9.